The van der Waals surface area contributed by atoms with E-state index >= 15 is 0 Å². The van der Waals surface area contributed by atoms with Gasteiger partial charge in [-0.1, -0.05) is 58.5 Å². The Morgan fingerprint density at radius 1 is 0.631 bits per heavy atom. The van der Waals surface area contributed by atoms with Crippen molar-refractivity contribution in [2.45, 2.75) is 0 Å². The maximum Gasteiger partial charge on any atom is 0.253 e. The molecule has 2 aliphatic rings. The fourth-order valence-corrected chi connectivity index (χ4v) is 9.97. The van der Waals surface area contributed by atoms with Gasteiger partial charge in [0, 0.05) is 48.7 Å². The van der Waals surface area contributed by atoms with Crippen LogP contribution in [0.3, 0.4) is 0 Å². The summed E-state index contributed by atoms with van der Waals surface area (Å²) in [6.07, 6.45) is 0. The number of nitrogens with one attached hydrogen (secondary N) is 1. The number of hydrogen-bond acceptors (Lipinski definition) is 14. The molecule has 0 unspecified atom stereocenters. The normalized spacial score (nSPS) is 14.9. The maximum atomic E-state index is 12.6. The third-order valence-electron chi connectivity index (χ3n) is 9.59. The number of sulfone groups is 2. The molecule has 4 heterocycles. The first-order chi connectivity index (χ1) is 30.9. The molecule has 0 radical (unpaired) electrons. The lowest BCUT2D eigenvalue weighted by molar-refractivity contribution is 0.0762. The van der Waals surface area contributed by atoms with Crippen molar-refractivity contribution in [2.24, 2.45) is 0 Å². The molecule has 4 aromatic carbocycles. The maximum absolute atomic E-state index is 12.6. The summed E-state index contributed by atoms with van der Waals surface area (Å²) in [4.78, 5) is 35.9. The molecule has 0 spiro atoms. The summed E-state index contributed by atoms with van der Waals surface area (Å²) in [5, 5.41) is 22.7. The topological polar surface area (TPSA) is 247 Å². The molecule has 16 nitrogen and oxygen atoms in total. The minimum atomic E-state index is -3.07. The fraction of sp³-hybridized carbons (Fsp3) is 0.190. The first-order valence-corrected chi connectivity index (χ1v) is 24.9. The first kappa shape index (κ1) is 48.8. The highest BCUT2D eigenvalue weighted by Crippen LogP contribution is 2.38. The Balaban J connectivity index is 0.000000178. The summed E-state index contributed by atoms with van der Waals surface area (Å²) in [5.41, 5.74) is 8.70. The van der Waals surface area contributed by atoms with Crippen LogP contribution >= 0.6 is 62.3 Å². The zero-order valence-electron chi connectivity index (χ0n) is 33.5. The van der Waals surface area contributed by atoms with Crippen molar-refractivity contribution in [1.82, 2.24) is 19.8 Å². The number of benzene rings is 4. The SMILES string of the molecule is N#Cc1nc(-c2c(Cl)cccc2Cl)oc1Br.N#Cc1nc(-c2c(Cl)cccc2Cl)oc1Nc1ccc(C(=O)N2CCS(=O)(=O)CC2)cc1.Nc1ccc(C(=O)N2CCS(=O)(=O)CC2)cc1. The largest absolute Gasteiger partial charge is 0.428 e. The molecule has 0 atom stereocenters. The van der Waals surface area contributed by atoms with Gasteiger partial charge >= 0.3 is 0 Å². The van der Waals surface area contributed by atoms with E-state index in [0.717, 1.165) is 0 Å². The van der Waals surface area contributed by atoms with E-state index in [9.17, 15) is 31.7 Å². The molecule has 2 aliphatic heterocycles. The number of nitrogen functional groups attached to an aromatic ring is 1. The number of anilines is 3. The molecule has 0 saturated carbocycles. The van der Waals surface area contributed by atoms with Crippen molar-refractivity contribution in [3.8, 4) is 35.0 Å². The fourth-order valence-electron chi connectivity index (χ4n) is 6.12. The average Bonchev–Trinajstić information content (AvgIpc) is 3.85. The zero-order valence-corrected chi connectivity index (χ0v) is 39.7. The Morgan fingerprint density at radius 2 is 1.02 bits per heavy atom. The third kappa shape index (κ3) is 12.4. The number of rotatable bonds is 6. The van der Waals surface area contributed by atoms with Gasteiger partial charge in [0.1, 0.15) is 12.1 Å². The molecule has 0 bridgehead atoms. The zero-order chi connectivity index (χ0) is 47.1. The first-order valence-electron chi connectivity index (χ1n) is 19.0. The van der Waals surface area contributed by atoms with Gasteiger partial charge in [0.2, 0.25) is 28.0 Å². The highest BCUT2D eigenvalue weighted by atomic mass is 79.9. The van der Waals surface area contributed by atoms with Crippen LogP contribution in [-0.2, 0) is 19.7 Å². The van der Waals surface area contributed by atoms with Gasteiger partial charge in [-0.3, -0.25) is 9.59 Å². The highest BCUT2D eigenvalue weighted by molar-refractivity contribution is 9.10. The molecule has 8 rings (SSSR count). The second kappa shape index (κ2) is 21.1. The summed E-state index contributed by atoms with van der Waals surface area (Å²) < 4.78 is 56.8. The van der Waals surface area contributed by atoms with Gasteiger partial charge in [0.25, 0.3) is 11.8 Å². The number of carbonyl (C=O) groups excluding carboxylic acids is 2. The minimum absolute atomic E-state index is 0.0191. The molecule has 3 N–H and O–H groups in total. The molecule has 2 aromatic heterocycles. The van der Waals surface area contributed by atoms with Crippen LogP contribution in [0.4, 0.5) is 17.3 Å². The van der Waals surface area contributed by atoms with Gasteiger partial charge < -0.3 is 29.7 Å². The Morgan fingerprint density at radius 3 is 1.42 bits per heavy atom. The lowest BCUT2D eigenvalue weighted by Crippen LogP contribution is -2.43. The van der Waals surface area contributed by atoms with Crippen LogP contribution in [-0.4, -0.2) is 97.6 Å². The Kier molecular flexibility index (Phi) is 15.9. The minimum Gasteiger partial charge on any atom is -0.428 e. The van der Waals surface area contributed by atoms with Crippen LogP contribution in [0.15, 0.2) is 98.4 Å². The van der Waals surface area contributed by atoms with E-state index in [-0.39, 0.29) is 94.7 Å². The molecule has 0 aliphatic carbocycles. The van der Waals surface area contributed by atoms with E-state index in [0.29, 0.717) is 53.7 Å². The van der Waals surface area contributed by atoms with E-state index in [1.165, 1.54) is 4.90 Å². The molecular weight excluding hydrogens is 1030 g/mol. The third-order valence-corrected chi connectivity index (χ3v) is 14.6. The monoisotopic (exact) mass is 1060 g/mol. The van der Waals surface area contributed by atoms with Crippen molar-refractivity contribution < 1.29 is 35.3 Å². The van der Waals surface area contributed by atoms with Crippen LogP contribution in [0.5, 0.6) is 0 Å². The van der Waals surface area contributed by atoms with E-state index in [1.54, 1.807) is 89.8 Å². The van der Waals surface area contributed by atoms with E-state index in [2.05, 4.69) is 31.2 Å². The van der Waals surface area contributed by atoms with Crippen molar-refractivity contribution in [1.29, 1.82) is 10.5 Å². The smallest absolute Gasteiger partial charge is 0.253 e. The predicted octanol–water partition coefficient (Wildman–Crippen LogP) is 8.56. The Hall–Kier alpha value is -5.64. The van der Waals surface area contributed by atoms with Gasteiger partial charge in [-0.2, -0.15) is 20.5 Å². The number of nitrogens with two attached hydrogens (primary N) is 1. The molecule has 65 heavy (non-hydrogen) atoms. The molecule has 2 saturated heterocycles. The number of amides is 2. The highest BCUT2D eigenvalue weighted by Gasteiger charge is 2.27. The second-order valence-electron chi connectivity index (χ2n) is 14.0. The van der Waals surface area contributed by atoms with Crippen molar-refractivity contribution in [3.05, 3.63) is 132 Å². The quantitative estimate of drug-likeness (QED) is 0.148. The van der Waals surface area contributed by atoms with Crippen molar-refractivity contribution in [2.75, 3.05) is 60.2 Å². The molecular formula is C42H33BrCl4N8O8S2. The number of hydrogen-bond donors (Lipinski definition) is 2. The molecule has 2 fully saturated rings. The standard InChI is InChI=1S/C21H16Cl2N4O4S.C11H14N2O3S.C10H3BrCl2N2O/c22-15-2-1-3-16(23)18(15)20-26-17(12-24)19(31-20)25-14-6-4-13(5-7-14)21(28)27-8-10-32(29,30)11-9-27;12-10-3-1-9(2-4-10)11(14)13-5-7-17(15,16)8-6-13;11-9-7(4-14)15-10(16-9)8-5(12)2-1-3-6(8)13/h1-7,25H,8-11H2;1-4H,5-8,12H2;1-3H. The summed E-state index contributed by atoms with van der Waals surface area (Å²) in [7, 11) is -6.02. The van der Waals surface area contributed by atoms with Crippen LogP contribution in [0, 0.1) is 22.7 Å². The van der Waals surface area contributed by atoms with Crippen molar-refractivity contribution >= 4 is 111 Å². The number of oxazole rings is 2. The molecule has 2 amide bonds. The number of aromatic nitrogens is 2. The summed E-state index contributed by atoms with van der Waals surface area (Å²) in [6.45, 7) is 0.896. The Labute approximate surface area is 401 Å². The number of nitrogens with zero attached hydrogens (tertiary/aromatic N) is 6. The predicted molar refractivity (Wildman–Crippen MR) is 251 cm³/mol. The van der Waals surface area contributed by atoms with Gasteiger partial charge in [-0.25, -0.2) is 16.8 Å². The lowest BCUT2D eigenvalue weighted by Gasteiger charge is -2.26. The van der Waals surface area contributed by atoms with Crippen molar-refractivity contribution in [3.63, 3.8) is 0 Å². The summed E-state index contributed by atoms with van der Waals surface area (Å²) in [5.74, 6) is 0.0993. The Bertz CT molecular complexity index is 3000. The lowest BCUT2D eigenvalue weighted by atomic mass is 10.1. The van der Waals surface area contributed by atoms with Crippen LogP contribution in [0.2, 0.25) is 20.1 Å². The molecule has 336 valence electrons. The van der Waals surface area contributed by atoms with Crippen LogP contribution < -0.4 is 11.1 Å². The van der Waals surface area contributed by atoms with Crippen LogP contribution in [0.1, 0.15) is 32.1 Å². The number of halogens is 5. The summed E-state index contributed by atoms with van der Waals surface area (Å²) >= 11 is 27.5. The molecule has 6 aromatic rings. The van der Waals surface area contributed by atoms with Crippen LogP contribution in [0.25, 0.3) is 22.9 Å². The van der Waals surface area contributed by atoms with Gasteiger partial charge in [-0.15, -0.1) is 0 Å². The number of nitriles is 2. The van der Waals surface area contributed by atoms with Gasteiger partial charge in [0.05, 0.1) is 54.2 Å². The van der Waals surface area contributed by atoms with E-state index in [4.69, 9.17) is 66.2 Å². The average molecular weight is 1060 g/mol. The molecule has 23 heteroatoms. The summed E-state index contributed by atoms with van der Waals surface area (Å²) in [6, 6.07) is 27.0. The number of carbonyl (C=O) groups is 2. The van der Waals surface area contributed by atoms with E-state index < -0.39 is 19.7 Å². The van der Waals surface area contributed by atoms with Gasteiger partial charge in [0.15, 0.2) is 25.4 Å². The second-order valence-corrected chi connectivity index (χ2v) is 20.9. The van der Waals surface area contributed by atoms with Gasteiger partial charge in [-0.05, 0) is 88.7 Å². The van der Waals surface area contributed by atoms with E-state index in [1.807, 2.05) is 12.1 Å².